The number of thiophene rings is 1. The Kier molecular flexibility index (Phi) is 3.63. The van der Waals surface area contributed by atoms with Crippen LogP contribution in [0.4, 0.5) is 4.39 Å². The predicted molar refractivity (Wildman–Crippen MR) is 59.2 cm³/mol. The molecule has 0 aliphatic rings. The van der Waals surface area contributed by atoms with Crippen LogP contribution in [0, 0.1) is 5.41 Å². The van der Waals surface area contributed by atoms with E-state index >= 15 is 0 Å². The number of esters is 1. The van der Waals surface area contributed by atoms with Crippen molar-refractivity contribution in [2.24, 2.45) is 5.41 Å². The first kappa shape index (κ1) is 11.9. The number of hydrogen-bond donors (Lipinski definition) is 0. The monoisotopic (exact) mass is 228 g/mol. The Balaban J connectivity index is 2.93. The van der Waals surface area contributed by atoms with E-state index < -0.39 is 17.2 Å². The maximum atomic E-state index is 13.7. The third-order valence-electron chi connectivity index (χ3n) is 2.10. The van der Waals surface area contributed by atoms with Crippen molar-refractivity contribution in [1.82, 2.24) is 0 Å². The fourth-order valence-corrected chi connectivity index (χ4v) is 1.67. The molecule has 1 heterocycles. The van der Waals surface area contributed by atoms with E-state index in [1.807, 2.05) is 11.4 Å². The minimum absolute atomic E-state index is 0.489. The highest BCUT2D eigenvalue weighted by Crippen LogP contribution is 2.31. The van der Waals surface area contributed by atoms with Gasteiger partial charge >= 0.3 is 5.97 Å². The molecule has 0 unspecified atom stereocenters. The molecule has 1 aromatic heterocycles. The molecule has 0 spiro atoms. The van der Waals surface area contributed by atoms with E-state index in [0.29, 0.717) is 0 Å². The molecule has 0 radical (unpaired) electrons. The number of carbonyl (C=O) groups is 1. The molecule has 0 aliphatic heterocycles. The molecule has 2 nitrogen and oxygen atoms in total. The molecule has 0 bridgehead atoms. The number of carbonyl (C=O) groups excluding carboxylic acids is 1. The summed E-state index contributed by atoms with van der Waals surface area (Å²) in [5.74, 6) is -1.07. The zero-order valence-electron chi connectivity index (χ0n) is 8.91. The molecule has 0 saturated carbocycles. The van der Waals surface area contributed by atoms with Crippen LogP contribution in [-0.2, 0) is 9.53 Å². The highest BCUT2D eigenvalue weighted by molar-refractivity contribution is 7.10. The van der Waals surface area contributed by atoms with Gasteiger partial charge in [0.15, 0.2) is 0 Å². The lowest BCUT2D eigenvalue weighted by Gasteiger charge is -2.18. The Hall–Kier alpha value is -1.16. The van der Waals surface area contributed by atoms with Crippen molar-refractivity contribution in [2.75, 3.05) is 7.11 Å². The molecular formula is C11H13FO2S. The average Bonchev–Trinajstić information content (AvgIpc) is 2.68. The first-order valence-corrected chi connectivity index (χ1v) is 5.36. The summed E-state index contributed by atoms with van der Waals surface area (Å²) in [6.45, 7) is 3.00. The van der Waals surface area contributed by atoms with E-state index in [1.165, 1.54) is 38.4 Å². The number of ether oxygens (including phenoxy) is 1. The van der Waals surface area contributed by atoms with E-state index in [9.17, 15) is 9.18 Å². The van der Waals surface area contributed by atoms with Crippen LogP contribution in [0.1, 0.15) is 18.7 Å². The van der Waals surface area contributed by atoms with Crippen molar-refractivity contribution in [3.8, 4) is 0 Å². The first-order chi connectivity index (χ1) is 6.98. The molecule has 0 aromatic carbocycles. The summed E-state index contributed by atoms with van der Waals surface area (Å²) in [5.41, 5.74) is -1.22. The van der Waals surface area contributed by atoms with Crippen LogP contribution in [-0.4, -0.2) is 13.1 Å². The first-order valence-electron chi connectivity index (χ1n) is 4.48. The van der Waals surface area contributed by atoms with Crippen LogP contribution >= 0.6 is 11.3 Å². The molecule has 1 aromatic rings. The van der Waals surface area contributed by atoms with Crippen molar-refractivity contribution in [3.63, 3.8) is 0 Å². The molecular weight excluding hydrogens is 215 g/mol. The van der Waals surface area contributed by atoms with Gasteiger partial charge < -0.3 is 4.74 Å². The summed E-state index contributed by atoms with van der Waals surface area (Å²) in [6.07, 6.45) is 1.36. The van der Waals surface area contributed by atoms with Crippen LogP contribution in [0.3, 0.4) is 0 Å². The summed E-state index contributed by atoms with van der Waals surface area (Å²) in [6, 6.07) is 3.62. The van der Waals surface area contributed by atoms with Gasteiger partial charge in [-0.15, -0.1) is 11.3 Å². The molecule has 0 atom stereocenters. The largest absolute Gasteiger partial charge is 0.468 e. The van der Waals surface area contributed by atoms with Crippen LogP contribution < -0.4 is 0 Å². The van der Waals surface area contributed by atoms with Crippen molar-refractivity contribution in [1.29, 1.82) is 0 Å². The van der Waals surface area contributed by atoms with E-state index in [1.54, 1.807) is 6.07 Å². The normalized spacial score (nSPS) is 12.7. The maximum absolute atomic E-state index is 13.7. The van der Waals surface area contributed by atoms with Crippen LogP contribution in [0.25, 0.3) is 6.08 Å². The number of methoxy groups -OCH3 is 1. The average molecular weight is 228 g/mol. The molecule has 0 amide bonds. The van der Waals surface area contributed by atoms with Gasteiger partial charge in [0.25, 0.3) is 0 Å². The fourth-order valence-electron chi connectivity index (χ4n) is 1.03. The number of halogens is 1. The van der Waals surface area contributed by atoms with Crippen LogP contribution in [0.15, 0.2) is 23.3 Å². The van der Waals surface area contributed by atoms with Crippen molar-refractivity contribution in [2.45, 2.75) is 13.8 Å². The lowest BCUT2D eigenvalue weighted by Crippen LogP contribution is -2.26. The number of hydrogen-bond acceptors (Lipinski definition) is 3. The van der Waals surface area contributed by atoms with E-state index in [-0.39, 0.29) is 0 Å². The zero-order chi connectivity index (χ0) is 11.5. The Morgan fingerprint density at radius 3 is 2.73 bits per heavy atom. The summed E-state index contributed by atoms with van der Waals surface area (Å²) >= 11 is 1.42. The molecule has 15 heavy (non-hydrogen) atoms. The Morgan fingerprint density at radius 1 is 1.60 bits per heavy atom. The molecule has 0 saturated heterocycles. The van der Waals surface area contributed by atoms with Gasteiger partial charge in [0.05, 0.1) is 7.11 Å². The molecule has 82 valence electrons. The van der Waals surface area contributed by atoms with Gasteiger partial charge in [0.1, 0.15) is 11.2 Å². The molecule has 0 fully saturated rings. The quantitative estimate of drug-likeness (QED) is 0.742. The summed E-state index contributed by atoms with van der Waals surface area (Å²) < 4.78 is 18.3. The van der Waals surface area contributed by atoms with Crippen LogP contribution in [0.2, 0.25) is 0 Å². The SMILES string of the molecule is COC(=O)C(C)(C)/C(F)=C/c1cccs1. The lowest BCUT2D eigenvalue weighted by atomic mass is 9.91. The zero-order valence-corrected chi connectivity index (χ0v) is 9.73. The fraction of sp³-hybridized carbons (Fsp3) is 0.364. The highest BCUT2D eigenvalue weighted by Gasteiger charge is 2.33. The Labute approximate surface area is 92.4 Å². The van der Waals surface area contributed by atoms with Gasteiger partial charge in [-0.25, -0.2) is 4.39 Å². The van der Waals surface area contributed by atoms with Gasteiger partial charge in [-0.05, 0) is 31.4 Å². The Bertz CT molecular complexity index is 366. The van der Waals surface area contributed by atoms with Crippen molar-refractivity contribution >= 4 is 23.4 Å². The molecule has 0 aliphatic carbocycles. The smallest absolute Gasteiger partial charge is 0.318 e. The highest BCUT2D eigenvalue weighted by atomic mass is 32.1. The predicted octanol–water partition coefficient (Wildman–Crippen LogP) is 3.26. The second kappa shape index (κ2) is 4.57. The third-order valence-corrected chi connectivity index (χ3v) is 2.92. The van der Waals surface area contributed by atoms with E-state index in [4.69, 9.17) is 0 Å². The van der Waals surface area contributed by atoms with Gasteiger partial charge in [-0.3, -0.25) is 4.79 Å². The van der Waals surface area contributed by atoms with Gasteiger partial charge in [-0.2, -0.15) is 0 Å². The number of rotatable bonds is 3. The Morgan fingerprint density at radius 2 is 2.27 bits per heavy atom. The summed E-state index contributed by atoms with van der Waals surface area (Å²) in [5, 5.41) is 1.85. The second-order valence-electron chi connectivity index (χ2n) is 3.62. The van der Waals surface area contributed by atoms with Crippen molar-refractivity contribution in [3.05, 3.63) is 28.2 Å². The third kappa shape index (κ3) is 2.65. The van der Waals surface area contributed by atoms with Gasteiger partial charge in [-0.1, -0.05) is 6.07 Å². The standard InChI is InChI=1S/C11H13FO2S/c1-11(2,10(13)14-3)9(12)7-8-5-4-6-15-8/h4-7H,1-3H3/b9-7-. The summed E-state index contributed by atoms with van der Waals surface area (Å²) in [7, 11) is 1.25. The molecule has 1 rings (SSSR count). The second-order valence-corrected chi connectivity index (χ2v) is 4.60. The van der Waals surface area contributed by atoms with Gasteiger partial charge in [0, 0.05) is 4.88 Å². The van der Waals surface area contributed by atoms with Crippen LogP contribution in [0.5, 0.6) is 0 Å². The summed E-state index contributed by atoms with van der Waals surface area (Å²) in [4.78, 5) is 12.1. The minimum atomic E-state index is -1.22. The molecule has 0 N–H and O–H groups in total. The minimum Gasteiger partial charge on any atom is -0.468 e. The topological polar surface area (TPSA) is 26.3 Å². The van der Waals surface area contributed by atoms with E-state index in [2.05, 4.69) is 4.74 Å². The lowest BCUT2D eigenvalue weighted by molar-refractivity contribution is -0.149. The van der Waals surface area contributed by atoms with E-state index in [0.717, 1.165) is 4.88 Å². The maximum Gasteiger partial charge on any atom is 0.318 e. The molecule has 4 heteroatoms. The van der Waals surface area contributed by atoms with Gasteiger partial charge in [0.2, 0.25) is 0 Å². The van der Waals surface area contributed by atoms with Crippen molar-refractivity contribution < 1.29 is 13.9 Å².